The molecule has 0 bridgehead atoms. The summed E-state index contributed by atoms with van der Waals surface area (Å²) in [7, 11) is 0. The molecule has 216 valence electrons. The first-order valence-electron chi connectivity index (χ1n) is 14.3. The van der Waals surface area contributed by atoms with Crippen LogP contribution in [0.4, 0.5) is 15.9 Å². The number of hydrogen-bond acceptors (Lipinski definition) is 5. The number of halogens is 1. The summed E-state index contributed by atoms with van der Waals surface area (Å²) in [5, 5.41) is 5.86. The van der Waals surface area contributed by atoms with Crippen molar-refractivity contribution in [3.05, 3.63) is 84.3 Å². The quantitative estimate of drug-likeness (QED) is 0.285. The number of anilines is 2. The molecule has 1 aromatic heterocycles. The Labute approximate surface area is 240 Å². The molecule has 1 unspecified atom stereocenters. The molecule has 3 aromatic rings. The minimum absolute atomic E-state index is 0.0150. The number of pyridine rings is 1. The van der Waals surface area contributed by atoms with Crippen LogP contribution >= 0.6 is 0 Å². The summed E-state index contributed by atoms with van der Waals surface area (Å²) in [4.78, 5) is 45.6. The molecule has 8 nitrogen and oxygen atoms in total. The van der Waals surface area contributed by atoms with Crippen LogP contribution in [0.25, 0.3) is 0 Å². The summed E-state index contributed by atoms with van der Waals surface area (Å²) in [6.45, 7) is 2.38. The van der Waals surface area contributed by atoms with E-state index in [0.717, 1.165) is 32.1 Å². The van der Waals surface area contributed by atoms with Crippen molar-refractivity contribution in [2.24, 2.45) is 0 Å². The van der Waals surface area contributed by atoms with E-state index in [4.69, 9.17) is 4.74 Å². The van der Waals surface area contributed by atoms with Gasteiger partial charge in [-0.3, -0.25) is 19.3 Å². The highest BCUT2D eigenvalue weighted by atomic mass is 19.1. The third-order valence-electron chi connectivity index (χ3n) is 7.05. The van der Waals surface area contributed by atoms with E-state index in [1.165, 1.54) is 23.1 Å². The molecule has 9 heteroatoms. The Balaban J connectivity index is 1.59. The standard InChI is InChI=1S/C32H37FN4O4/c1-2-41-27-19-17-23(18-20-27)31(32(40)35-25-11-4-3-5-12-25)37(26-13-8-10-24(33)22-26)30(39)16-9-15-29(38)36-28-14-6-7-21-34-28/h6-8,10,13-14,17-22,25,31H,2-5,9,11-12,15-16H2,1H3,(H,35,40)(H,34,36,38). The summed E-state index contributed by atoms with van der Waals surface area (Å²) >= 11 is 0. The topological polar surface area (TPSA) is 101 Å². The Kier molecular flexibility index (Phi) is 10.8. The first-order chi connectivity index (χ1) is 19.9. The van der Waals surface area contributed by atoms with Gasteiger partial charge in [0.15, 0.2) is 0 Å². The van der Waals surface area contributed by atoms with Crippen molar-refractivity contribution >= 4 is 29.2 Å². The first kappa shape index (κ1) is 29.7. The van der Waals surface area contributed by atoms with Crippen molar-refractivity contribution in [1.29, 1.82) is 0 Å². The van der Waals surface area contributed by atoms with Crippen LogP contribution in [0.15, 0.2) is 72.9 Å². The molecule has 0 spiro atoms. The highest BCUT2D eigenvalue weighted by Gasteiger charge is 2.34. The van der Waals surface area contributed by atoms with E-state index in [1.807, 2.05) is 6.92 Å². The monoisotopic (exact) mass is 560 g/mol. The van der Waals surface area contributed by atoms with Crippen molar-refractivity contribution in [1.82, 2.24) is 10.3 Å². The molecule has 1 aliphatic rings. The maximum atomic E-state index is 14.4. The molecule has 4 rings (SSSR count). The van der Waals surface area contributed by atoms with Gasteiger partial charge < -0.3 is 15.4 Å². The number of aromatic nitrogens is 1. The third-order valence-corrected chi connectivity index (χ3v) is 7.05. The van der Waals surface area contributed by atoms with Gasteiger partial charge in [-0.15, -0.1) is 0 Å². The average Bonchev–Trinajstić information content (AvgIpc) is 2.97. The van der Waals surface area contributed by atoms with Crippen LogP contribution in [-0.2, 0) is 14.4 Å². The summed E-state index contributed by atoms with van der Waals surface area (Å²) in [5.74, 6) is -0.434. The maximum absolute atomic E-state index is 14.4. The van der Waals surface area contributed by atoms with Crippen molar-refractivity contribution in [3.63, 3.8) is 0 Å². The SMILES string of the molecule is CCOc1ccc(C(C(=O)NC2CCCCC2)N(C(=O)CCCC(=O)Nc2ccccn2)c2cccc(F)c2)cc1. The lowest BCUT2D eigenvalue weighted by Gasteiger charge is -2.33. The predicted octanol–water partition coefficient (Wildman–Crippen LogP) is 5.95. The fraction of sp³-hybridized carbons (Fsp3) is 0.375. The van der Waals surface area contributed by atoms with Crippen LogP contribution in [-0.4, -0.2) is 35.4 Å². The fourth-order valence-electron chi connectivity index (χ4n) is 5.08. The van der Waals surface area contributed by atoms with Crippen LogP contribution in [0.3, 0.4) is 0 Å². The van der Waals surface area contributed by atoms with Crippen molar-refractivity contribution in [2.45, 2.75) is 70.4 Å². The second-order valence-corrected chi connectivity index (χ2v) is 10.1. The number of nitrogens with zero attached hydrogens (tertiary/aromatic N) is 2. The number of amides is 3. The number of carbonyl (C=O) groups excluding carboxylic acids is 3. The largest absolute Gasteiger partial charge is 0.494 e. The van der Waals surface area contributed by atoms with Crippen molar-refractivity contribution in [2.75, 3.05) is 16.8 Å². The fourth-order valence-corrected chi connectivity index (χ4v) is 5.08. The molecule has 2 aromatic carbocycles. The minimum Gasteiger partial charge on any atom is -0.494 e. The molecule has 1 atom stereocenters. The van der Waals surface area contributed by atoms with E-state index in [0.29, 0.717) is 23.7 Å². The molecule has 3 amide bonds. The zero-order chi connectivity index (χ0) is 29.0. The van der Waals surface area contributed by atoms with Gasteiger partial charge in [0.05, 0.1) is 6.61 Å². The van der Waals surface area contributed by atoms with Gasteiger partial charge in [-0.1, -0.05) is 43.5 Å². The van der Waals surface area contributed by atoms with Gasteiger partial charge in [-0.25, -0.2) is 9.37 Å². The Bertz CT molecular complexity index is 1300. The molecule has 1 aliphatic carbocycles. The molecule has 2 N–H and O–H groups in total. The van der Waals surface area contributed by atoms with E-state index in [2.05, 4.69) is 15.6 Å². The van der Waals surface area contributed by atoms with Crippen LogP contribution in [0.1, 0.15) is 69.9 Å². The lowest BCUT2D eigenvalue weighted by molar-refractivity contribution is -0.127. The highest BCUT2D eigenvalue weighted by molar-refractivity contribution is 6.01. The van der Waals surface area contributed by atoms with Crippen LogP contribution in [0.5, 0.6) is 5.75 Å². The molecular formula is C32H37FN4O4. The van der Waals surface area contributed by atoms with E-state index < -0.39 is 11.9 Å². The van der Waals surface area contributed by atoms with Crippen LogP contribution in [0.2, 0.25) is 0 Å². The van der Waals surface area contributed by atoms with Gasteiger partial charge in [-0.2, -0.15) is 0 Å². The lowest BCUT2D eigenvalue weighted by Crippen LogP contribution is -2.47. The summed E-state index contributed by atoms with van der Waals surface area (Å²) in [6, 6.07) is 16.9. The molecule has 1 saturated carbocycles. The van der Waals surface area contributed by atoms with E-state index >= 15 is 0 Å². The number of hydrogen-bond donors (Lipinski definition) is 2. The van der Waals surface area contributed by atoms with Crippen molar-refractivity contribution < 1.29 is 23.5 Å². The lowest BCUT2D eigenvalue weighted by atomic mass is 9.94. The van der Waals surface area contributed by atoms with Crippen LogP contribution < -0.4 is 20.3 Å². The molecule has 0 aliphatic heterocycles. The van der Waals surface area contributed by atoms with Crippen LogP contribution in [0, 0.1) is 5.82 Å². The average molecular weight is 561 g/mol. The van der Waals surface area contributed by atoms with Gasteiger partial charge in [0.25, 0.3) is 0 Å². The third kappa shape index (κ3) is 8.61. The van der Waals surface area contributed by atoms with E-state index in [9.17, 15) is 18.8 Å². The van der Waals surface area contributed by atoms with E-state index in [-0.39, 0.29) is 48.7 Å². The first-order valence-corrected chi connectivity index (χ1v) is 14.3. The summed E-state index contributed by atoms with van der Waals surface area (Å²) < 4.78 is 20.0. The maximum Gasteiger partial charge on any atom is 0.248 e. The van der Waals surface area contributed by atoms with Crippen molar-refractivity contribution in [3.8, 4) is 5.75 Å². The zero-order valence-electron chi connectivity index (χ0n) is 23.4. The van der Waals surface area contributed by atoms with E-state index in [1.54, 1.807) is 54.7 Å². The van der Waals surface area contributed by atoms with Gasteiger partial charge in [0.2, 0.25) is 17.7 Å². The molecular weight excluding hydrogens is 523 g/mol. The predicted molar refractivity (Wildman–Crippen MR) is 156 cm³/mol. The number of nitrogens with one attached hydrogen (secondary N) is 2. The Morgan fingerprint density at radius 3 is 2.46 bits per heavy atom. The number of carbonyl (C=O) groups is 3. The molecule has 1 fully saturated rings. The van der Waals surface area contributed by atoms with Gasteiger partial charge in [-0.05, 0) is 74.2 Å². The molecule has 41 heavy (non-hydrogen) atoms. The Morgan fingerprint density at radius 1 is 1.00 bits per heavy atom. The molecule has 0 saturated heterocycles. The number of rotatable bonds is 12. The summed E-state index contributed by atoms with van der Waals surface area (Å²) in [6.07, 6.45) is 6.84. The number of ether oxygens (including phenoxy) is 1. The summed E-state index contributed by atoms with van der Waals surface area (Å²) in [5.41, 5.74) is 0.845. The second kappa shape index (κ2) is 14.9. The molecule has 1 heterocycles. The zero-order valence-corrected chi connectivity index (χ0v) is 23.4. The minimum atomic E-state index is -1.04. The second-order valence-electron chi connectivity index (χ2n) is 10.1. The number of benzene rings is 2. The smallest absolute Gasteiger partial charge is 0.248 e. The Morgan fingerprint density at radius 2 is 1.78 bits per heavy atom. The highest BCUT2D eigenvalue weighted by Crippen LogP contribution is 2.31. The Hall–Kier alpha value is -4.27. The van der Waals surface area contributed by atoms with Gasteiger partial charge >= 0.3 is 0 Å². The molecule has 0 radical (unpaired) electrons. The van der Waals surface area contributed by atoms with Gasteiger partial charge in [0, 0.05) is 30.8 Å². The van der Waals surface area contributed by atoms with Gasteiger partial charge in [0.1, 0.15) is 23.4 Å². The normalized spacial score (nSPS) is 14.1.